The zero-order valence-corrected chi connectivity index (χ0v) is 17.4. The first-order valence-electron chi connectivity index (χ1n) is 9.48. The molecule has 1 saturated heterocycles. The summed E-state index contributed by atoms with van der Waals surface area (Å²) >= 11 is 1.54. The molecule has 2 amide bonds. The molecule has 0 aliphatic carbocycles. The summed E-state index contributed by atoms with van der Waals surface area (Å²) in [6, 6.07) is 0. The molecule has 6 nitrogen and oxygen atoms in total. The van der Waals surface area contributed by atoms with E-state index in [9.17, 15) is 9.59 Å². The van der Waals surface area contributed by atoms with Crippen LogP contribution in [0.15, 0.2) is 11.2 Å². The first-order chi connectivity index (χ1) is 12.3. The van der Waals surface area contributed by atoms with Crippen LogP contribution in [0.5, 0.6) is 0 Å². The Labute approximate surface area is 160 Å². The molecule has 0 bridgehead atoms. The minimum atomic E-state index is -0.340. The molecule has 1 unspecified atom stereocenters. The summed E-state index contributed by atoms with van der Waals surface area (Å²) < 4.78 is 8.00. The van der Waals surface area contributed by atoms with Crippen LogP contribution in [-0.4, -0.2) is 40.6 Å². The number of likely N-dealkylation sites (tertiary alicyclic amines) is 1. The first-order valence-corrected chi connectivity index (χ1v) is 10.3. The van der Waals surface area contributed by atoms with Crippen LogP contribution in [0, 0.1) is 5.92 Å². The van der Waals surface area contributed by atoms with Gasteiger partial charge in [0.1, 0.15) is 4.67 Å². The molecule has 2 rings (SSSR count). The third-order valence-corrected chi connectivity index (χ3v) is 5.84. The summed E-state index contributed by atoms with van der Waals surface area (Å²) in [7, 11) is 0. The van der Waals surface area contributed by atoms with Crippen LogP contribution in [0.2, 0.25) is 0 Å². The van der Waals surface area contributed by atoms with Crippen molar-refractivity contribution in [1.29, 1.82) is 0 Å². The number of ether oxygens (including phenoxy) is 1. The molecule has 7 heteroatoms. The van der Waals surface area contributed by atoms with Crippen molar-refractivity contribution in [3.05, 3.63) is 16.4 Å². The van der Waals surface area contributed by atoms with E-state index < -0.39 is 0 Å². The summed E-state index contributed by atoms with van der Waals surface area (Å²) in [5, 5.41) is 0. The molecule has 146 valence electrons. The Morgan fingerprint density at radius 2 is 2.08 bits per heavy atom. The smallest absolute Gasteiger partial charge is 0.409 e. The van der Waals surface area contributed by atoms with Gasteiger partial charge in [0.25, 0.3) is 5.91 Å². The van der Waals surface area contributed by atoms with Gasteiger partial charge in [0.15, 0.2) is 0 Å². The van der Waals surface area contributed by atoms with E-state index in [0.717, 1.165) is 29.5 Å². The predicted octanol–water partition coefficient (Wildman–Crippen LogP) is 3.55. The topological polar surface area (TPSA) is 63.9 Å². The third-order valence-electron chi connectivity index (χ3n) is 4.47. The SMILES string of the molecule is CCCCc1cn(C(C)(C)C)s/c1=N\C(=O)C1CCN(C(=O)OCC)C1. The van der Waals surface area contributed by atoms with Crippen molar-refractivity contribution in [2.45, 2.75) is 65.8 Å². The van der Waals surface area contributed by atoms with Crippen molar-refractivity contribution in [3.63, 3.8) is 0 Å². The molecule has 1 aromatic rings. The highest BCUT2D eigenvalue weighted by Crippen LogP contribution is 2.20. The van der Waals surface area contributed by atoms with E-state index in [0.29, 0.717) is 26.1 Å². The number of unbranched alkanes of at least 4 members (excludes halogenated alkanes) is 1. The van der Waals surface area contributed by atoms with Crippen LogP contribution in [0.3, 0.4) is 0 Å². The molecule has 0 N–H and O–H groups in total. The second-order valence-corrected chi connectivity index (χ2v) is 8.69. The molecule has 0 saturated carbocycles. The highest BCUT2D eigenvalue weighted by atomic mass is 32.1. The fourth-order valence-corrected chi connectivity index (χ4v) is 3.91. The van der Waals surface area contributed by atoms with Gasteiger partial charge in [0.05, 0.1) is 12.5 Å². The van der Waals surface area contributed by atoms with E-state index >= 15 is 0 Å². The first kappa shape index (κ1) is 20.7. The Kier molecular flexibility index (Phi) is 7.03. The maximum atomic E-state index is 12.7. The molecule has 0 aromatic carbocycles. The van der Waals surface area contributed by atoms with Crippen molar-refractivity contribution in [2.24, 2.45) is 10.9 Å². The maximum Gasteiger partial charge on any atom is 0.409 e. The van der Waals surface area contributed by atoms with Crippen molar-refractivity contribution < 1.29 is 14.3 Å². The van der Waals surface area contributed by atoms with Crippen LogP contribution < -0.4 is 4.67 Å². The lowest BCUT2D eigenvalue weighted by atomic mass is 10.1. The molecule has 0 spiro atoms. The molecule has 1 atom stereocenters. The van der Waals surface area contributed by atoms with Gasteiger partial charge in [-0.1, -0.05) is 13.3 Å². The van der Waals surface area contributed by atoms with Gasteiger partial charge < -0.3 is 9.64 Å². The van der Waals surface area contributed by atoms with E-state index in [1.807, 2.05) is 0 Å². The average molecular weight is 382 g/mol. The minimum absolute atomic E-state index is 0.0312. The molecule has 2 heterocycles. The zero-order valence-electron chi connectivity index (χ0n) is 16.6. The van der Waals surface area contributed by atoms with Gasteiger partial charge in [0.2, 0.25) is 0 Å². The molecular formula is C19H31N3O3S. The Bertz CT molecular complexity index is 700. The van der Waals surface area contributed by atoms with Crippen LogP contribution in [0.1, 0.15) is 59.4 Å². The third kappa shape index (κ3) is 5.19. The van der Waals surface area contributed by atoms with Gasteiger partial charge in [-0.05, 0) is 58.5 Å². The summed E-state index contributed by atoms with van der Waals surface area (Å²) in [5.74, 6) is -0.360. The summed E-state index contributed by atoms with van der Waals surface area (Å²) in [4.78, 5) is 30.5. The number of carbonyl (C=O) groups is 2. The molecule has 1 fully saturated rings. The number of hydrogen-bond acceptors (Lipinski definition) is 4. The number of aryl methyl sites for hydroxylation is 1. The molecule has 26 heavy (non-hydrogen) atoms. The van der Waals surface area contributed by atoms with E-state index in [4.69, 9.17) is 4.74 Å². The lowest BCUT2D eigenvalue weighted by molar-refractivity contribution is -0.121. The van der Waals surface area contributed by atoms with Crippen LogP contribution >= 0.6 is 11.5 Å². The van der Waals surface area contributed by atoms with E-state index in [2.05, 4.69) is 42.8 Å². The summed E-state index contributed by atoms with van der Waals surface area (Å²) in [6.45, 7) is 11.7. The van der Waals surface area contributed by atoms with Gasteiger partial charge in [-0.25, -0.2) is 9.79 Å². The standard InChI is InChI=1S/C19H31N3O3S/c1-6-8-9-15-13-22(19(3,4)5)26-17(15)20-16(23)14-10-11-21(12-14)18(24)25-7-2/h13-14H,6-12H2,1-5H3/b20-17-. The molecule has 1 aliphatic rings. The van der Waals surface area contributed by atoms with Crippen LogP contribution in [0.25, 0.3) is 0 Å². The van der Waals surface area contributed by atoms with Gasteiger partial charge in [-0.15, -0.1) is 0 Å². The fraction of sp³-hybridized carbons (Fsp3) is 0.737. The second-order valence-electron chi connectivity index (χ2n) is 7.73. The highest BCUT2D eigenvalue weighted by molar-refractivity contribution is 7.04. The van der Waals surface area contributed by atoms with Crippen molar-refractivity contribution in [2.75, 3.05) is 19.7 Å². The number of rotatable bonds is 5. The quantitative estimate of drug-likeness (QED) is 0.783. The number of hydrogen-bond donors (Lipinski definition) is 0. The van der Waals surface area contributed by atoms with Crippen molar-refractivity contribution in [1.82, 2.24) is 8.86 Å². The molecule has 1 aromatic heterocycles. The number of nitrogens with zero attached hydrogens (tertiary/aromatic N) is 3. The molecular weight excluding hydrogens is 350 g/mol. The van der Waals surface area contributed by atoms with E-state index in [-0.39, 0.29) is 23.5 Å². The fourth-order valence-electron chi connectivity index (χ4n) is 2.87. The lowest BCUT2D eigenvalue weighted by Crippen LogP contribution is -2.30. The maximum absolute atomic E-state index is 12.7. The van der Waals surface area contributed by atoms with Crippen LogP contribution in [0.4, 0.5) is 4.79 Å². The monoisotopic (exact) mass is 381 g/mol. The predicted molar refractivity (Wildman–Crippen MR) is 103 cm³/mol. The Balaban J connectivity index is 2.18. The van der Waals surface area contributed by atoms with E-state index in [1.54, 1.807) is 23.4 Å². The molecule has 0 radical (unpaired) electrons. The van der Waals surface area contributed by atoms with Gasteiger partial charge in [-0.2, -0.15) is 0 Å². The van der Waals surface area contributed by atoms with Gasteiger partial charge >= 0.3 is 6.09 Å². The normalized spacial score (nSPS) is 18.4. The Morgan fingerprint density at radius 3 is 2.69 bits per heavy atom. The molecule has 1 aliphatic heterocycles. The van der Waals surface area contributed by atoms with Crippen LogP contribution in [-0.2, 0) is 21.5 Å². The number of amides is 2. The number of aromatic nitrogens is 1. The Morgan fingerprint density at radius 1 is 1.35 bits per heavy atom. The minimum Gasteiger partial charge on any atom is -0.450 e. The summed E-state index contributed by atoms with van der Waals surface area (Å²) in [6.07, 6.45) is 5.56. The Hall–Kier alpha value is -1.63. The zero-order chi connectivity index (χ0) is 19.3. The van der Waals surface area contributed by atoms with Crippen molar-refractivity contribution in [3.8, 4) is 0 Å². The largest absolute Gasteiger partial charge is 0.450 e. The van der Waals surface area contributed by atoms with Gasteiger partial charge in [0, 0.05) is 30.4 Å². The second kappa shape index (κ2) is 8.84. The highest BCUT2D eigenvalue weighted by Gasteiger charge is 2.31. The average Bonchev–Trinajstić information content (AvgIpc) is 3.20. The van der Waals surface area contributed by atoms with Gasteiger partial charge in [-0.3, -0.25) is 8.75 Å². The van der Waals surface area contributed by atoms with E-state index in [1.165, 1.54) is 0 Å². The number of carbonyl (C=O) groups excluding carboxylic acids is 2. The lowest BCUT2D eigenvalue weighted by Gasteiger charge is -2.19. The summed E-state index contributed by atoms with van der Waals surface area (Å²) in [5.41, 5.74) is 1.11. The van der Waals surface area contributed by atoms with Crippen molar-refractivity contribution >= 4 is 23.5 Å².